The highest BCUT2D eigenvalue weighted by molar-refractivity contribution is 5.92. The van der Waals surface area contributed by atoms with Crippen molar-refractivity contribution in [2.45, 2.75) is 43.7 Å². The minimum absolute atomic E-state index is 0.0405. The second-order valence-electron chi connectivity index (χ2n) is 8.47. The standard InChI is InChI=1S/C24H30N2O4/c1-30-21-15-17(10-11-20(21)27)23-19-9-5-6-12-24(19,29)13-14-26(23)16-22(28)25-18-7-3-2-4-8-18/h2-4,7-8,10-11,15,19,23,27,29H,5-6,9,12-14,16H2,1H3,(H,25,28). The Kier molecular flexibility index (Phi) is 5.97. The van der Waals surface area contributed by atoms with E-state index in [4.69, 9.17) is 4.74 Å². The van der Waals surface area contributed by atoms with Crippen LogP contribution < -0.4 is 10.1 Å². The van der Waals surface area contributed by atoms with E-state index in [2.05, 4.69) is 10.2 Å². The van der Waals surface area contributed by atoms with Gasteiger partial charge < -0.3 is 20.3 Å². The van der Waals surface area contributed by atoms with Gasteiger partial charge in [-0.25, -0.2) is 0 Å². The van der Waals surface area contributed by atoms with E-state index in [9.17, 15) is 15.0 Å². The molecule has 0 aromatic heterocycles. The van der Waals surface area contributed by atoms with E-state index in [1.165, 1.54) is 7.11 Å². The van der Waals surface area contributed by atoms with Gasteiger partial charge in [0, 0.05) is 24.2 Å². The van der Waals surface area contributed by atoms with Crippen molar-refractivity contribution in [2.75, 3.05) is 25.5 Å². The Morgan fingerprint density at radius 3 is 2.77 bits per heavy atom. The largest absolute Gasteiger partial charge is 0.504 e. The number of carbonyl (C=O) groups excluding carboxylic acids is 1. The fourth-order valence-corrected chi connectivity index (χ4v) is 5.15. The van der Waals surface area contributed by atoms with E-state index < -0.39 is 5.60 Å². The molecule has 4 rings (SSSR count). The number of nitrogens with zero attached hydrogens (tertiary/aromatic N) is 1. The summed E-state index contributed by atoms with van der Waals surface area (Å²) in [5.74, 6) is 0.465. The highest BCUT2D eigenvalue weighted by Crippen LogP contribution is 2.50. The van der Waals surface area contributed by atoms with Crippen molar-refractivity contribution < 1.29 is 19.7 Å². The molecule has 0 spiro atoms. The predicted octanol–water partition coefficient (Wildman–Crippen LogP) is 3.71. The zero-order valence-corrected chi connectivity index (χ0v) is 17.4. The lowest BCUT2D eigenvalue weighted by Crippen LogP contribution is -2.56. The third-order valence-electron chi connectivity index (χ3n) is 6.62. The number of ether oxygens (including phenoxy) is 1. The van der Waals surface area contributed by atoms with Gasteiger partial charge in [0.1, 0.15) is 0 Å². The number of likely N-dealkylation sites (tertiary alicyclic amines) is 1. The summed E-state index contributed by atoms with van der Waals surface area (Å²) in [6.07, 6.45) is 4.49. The first-order chi connectivity index (χ1) is 14.5. The number of hydrogen-bond acceptors (Lipinski definition) is 5. The summed E-state index contributed by atoms with van der Waals surface area (Å²) in [5.41, 5.74) is 1.03. The van der Waals surface area contributed by atoms with Crippen LogP contribution in [0.3, 0.4) is 0 Å². The molecule has 1 amide bonds. The van der Waals surface area contributed by atoms with Crippen LogP contribution in [0.2, 0.25) is 0 Å². The number of nitrogens with one attached hydrogen (secondary N) is 1. The van der Waals surface area contributed by atoms with Gasteiger partial charge >= 0.3 is 0 Å². The van der Waals surface area contributed by atoms with Crippen molar-refractivity contribution >= 4 is 11.6 Å². The molecule has 3 atom stereocenters. The van der Waals surface area contributed by atoms with E-state index in [1.54, 1.807) is 6.07 Å². The number of piperidine rings is 1. The van der Waals surface area contributed by atoms with Gasteiger partial charge in [-0.3, -0.25) is 9.69 Å². The zero-order valence-electron chi connectivity index (χ0n) is 17.4. The van der Waals surface area contributed by atoms with E-state index in [-0.39, 0.29) is 30.2 Å². The van der Waals surface area contributed by atoms with E-state index in [1.807, 2.05) is 42.5 Å². The molecule has 0 radical (unpaired) electrons. The van der Waals surface area contributed by atoms with Gasteiger partial charge in [0.25, 0.3) is 0 Å². The summed E-state index contributed by atoms with van der Waals surface area (Å²) in [7, 11) is 1.53. The van der Waals surface area contributed by atoms with Crippen LogP contribution in [0.4, 0.5) is 5.69 Å². The quantitative estimate of drug-likeness (QED) is 0.700. The number of amides is 1. The Morgan fingerprint density at radius 2 is 2.00 bits per heavy atom. The van der Waals surface area contributed by atoms with Crippen molar-refractivity contribution in [1.82, 2.24) is 4.90 Å². The molecule has 1 aliphatic heterocycles. The molecule has 2 aliphatic rings. The van der Waals surface area contributed by atoms with Crippen LogP contribution in [0.1, 0.15) is 43.7 Å². The number of rotatable bonds is 5. The molecule has 30 heavy (non-hydrogen) atoms. The average molecular weight is 411 g/mol. The third-order valence-corrected chi connectivity index (χ3v) is 6.62. The Hall–Kier alpha value is -2.57. The molecule has 1 saturated heterocycles. The highest BCUT2D eigenvalue weighted by Gasteiger charge is 2.49. The number of aliphatic hydroxyl groups is 1. The Labute approximate surface area is 177 Å². The van der Waals surface area contributed by atoms with E-state index >= 15 is 0 Å². The Bertz CT molecular complexity index is 888. The molecule has 2 fully saturated rings. The van der Waals surface area contributed by atoms with Crippen LogP contribution in [-0.4, -0.2) is 46.8 Å². The minimum atomic E-state index is -0.708. The lowest BCUT2D eigenvalue weighted by molar-refractivity contribution is -0.135. The number of fused-ring (bicyclic) bond motifs is 1. The molecular weight excluding hydrogens is 380 g/mol. The molecule has 1 saturated carbocycles. The molecule has 3 unspecified atom stereocenters. The number of benzene rings is 2. The molecule has 6 heteroatoms. The first-order valence-corrected chi connectivity index (χ1v) is 10.7. The topological polar surface area (TPSA) is 82.0 Å². The SMILES string of the molecule is COc1cc(C2C3CCCCC3(O)CCN2CC(=O)Nc2ccccc2)ccc1O. The van der Waals surface area contributed by atoms with Crippen LogP contribution in [0, 0.1) is 5.92 Å². The monoisotopic (exact) mass is 410 g/mol. The summed E-state index contributed by atoms with van der Waals surface area (Å²) in [6.45, 7) is 0.887. The van der Waals surface area contributed by atoms with Crippen LogP contribution in [-0.2, 0) is 4.79 Å². The van der Waals surface area contributed by atoms with E-state index in [0.29, 0.717) is 18.7 Å². The molecule has 3 N–H and O–H groups in total. The fraction of sp³-hybridized carbons (Fsp3) is 0.458. The molecule has 2 aromatic rings. The van der Waals surface area contributed by atoms with Gasteiger partial charge in [-0.1, -0.05) is 37.1 Å². The number of para-hydroxylation sites is 1. The smallest absolute Gasteiger partial charge is 0.238 e. The molecule has 1 aliphatic carbocycles. The van der Waals surface area contributed by atoms with Gasteiger partial charge in [-0.05, 0) is 49.1 Å². The van der Waals surface area contributed by atoms with Crippen molar-refractivity contribution in [2.24, 2.45) is 5.92 Å². The maximum absolute atomic E-state index is 12.8. The number of carbonyl (C=O) groups is 1. The number of phenolic OH excluding ortho intramolecular Hbond substituents is 1. The zero-order chi connectivity index (χ0) is 21.1. The lowest BCUT2D eigenvalue weighted by atomic mass is 9.66. The third kappa shape index (κ3) is 4.16. The second kappa shape index (κ2) is 8.66. The maximum atomic E-state index is 12.8. The minimum Gasteiger partial charge on any atom is -0.504 e. The lowest BCUT2D eigenvalue weighted by Gasteiger charge is -2.52. The fourth-order valence-electron chi connectivity index (χ4n) is 5.15. The summed E-state index contributed by atoms with van der Waals surface area (Å²) < 4.78 is 5.32. The Morgan fingerprint density at radius 1 is 1.20 bits per heavy atom. The number of methoxy groups -OCH3 is 1. The second-order valence-corrected chi connectivity index (χ2v) is 8.47. The maximum Gasteiger partial charge on any atom is 0.238 e. The predicted molar refractivity (Wildman–Crippen MR) is 116 cm³/mol. The summed E-state index contributed by atoms with van der Waals surface area (Å²) >= 11 is 0. The summed E-state index contributed by atoms with van der Waals surface area (Å²) in [4.78, 5) is 15.0. The van der Waals surface area contributed by atoms with Gasteiger partial charge in [-0.2, -0.15) is 0 Å². The number of hydrogen-bond donors (Lipinski definition) is 3. The van der Waals surface area contributed by atoms with Crippen molar-refractivity contribution in [3.8, 4) is 11.5 Å². The first kappa shape index (κ1) is 20.7. The Balaban J connectivity index is 1.62. The molecule has 2 aromatic carbocycles. The molecular formula is C24H30N2O4. The van der Waals surface area contributed by atoms with Gasteiger partial charge in [0.15, 0.2) is 11.5 Å². The van der Waals surface area contributed by atoms with Gasteiger partial charge in [-0.15, -0.1) is 0 Å². The van der Waals surface area contributed by atoms with Crippen LogP contribution >= 0.6 is 0 Å². The molecule has 1 heterocycles. The van der Waals surface area contributed by atoms with Crippen LogP contribution in [0.5, 0.6) is 11.5 Å². The van der Waals surface area contributed by atoms with Crippen LogP contribution in [0.15, 0.2) is 48.5 Å². The average Bonchev–Trinajstić information content (AvgIpc) is 2.75. The van der Waals surface area contributed by atoms with Crippen LogP contribution in [0.25, 0.3) is 0 Å². The normalized spacial score (nSPS) is 26.6. The van der Waals surface area contributed by atoms with Crippen molar-refractivity contribution in [1.29, 1.82) is 0 Å². The highest BCUT2D eigenvalue weighted by atomic mass is 16.5. The number of aromatic hydroxyl groups is 1. The summed E-state index contributed by atoms with van der Waals surface area (Å²) in [5, 5.41) is 24.4. The van der Waals surface area contributed by atoms with Crippen molar-refractivity contribution in [3.63, 3.8) is 0 Å². The van der Waals surface area contributed by atoms with Crippen molar-refractivity contribution in [3.05, 3.63) is 54.1 Å². The van der Waals surface area contributed by atoms with Gasteiger partial charge in [0.05, 0.1) is 19.3 Å². The first-order valence-electron chi connectivity index (χ1n) is 10.7. The molecule has 160 valence electrons. The summed E-state index contributed by atoms with van der Waals surface area (Å²) in [6, 6.07) is 14.7. The molecule has 6 nitrogen and oxygen atoms in total. The van der Waals surface area contributed by atoms with Gasteiger partial charge in [0.2, 0.25) is 5.91 Å². The molecule has 0 bridgehead atoms. The number of anilines is 1. The number of phenols is 1. The van der Waals surface area contributed by atoms with E-state index in [0.717, 1.165) is 36.9 Å².